The van der Waals surface area contributed by atoms with Gasteiger partial charge in [0.25, 0.3) is 5.91 Å². The molecule has 0 aliphatic heterocycles. The quantitative estimate of drug-likeness (QED) is 0.596. The van der Waals surface area contributed by atoms with Gasteiger partial charge in [0.15, 0.2) is 0 Å². The van der Waals surface area contributed by atoms with Crippen LogP contribution in [0.3, 0.4) is 0 Å². The predicted octanol–water partition coefficient (Wildman–Crippen LogP) is 3.31. The van der Waals surface area contributed by atoms with Crippen molar-refractivity contribution in [2.45, 2.75) is 26.7 Å². The SMILES string of the molecule is CC(C)(C)C(=O)Nc1cccc(C(C(=O)NO)c2ccccc2)c1. The summed E-state index contributed by atoms with van der Waals surface area (Å²) in [5.41, 5.74) is 3.25. The Labute approximate surface area is 141 Å². The summed E-state index contributed by atoms with van der Waals surface area (Å²) in [6.07, 6.45) is 0. The maximum absolute atomic E-state index is 12.2. The number of carbonyl (C=O) groups is 2. The van der Waals surface area contributed by atoms with E-state index in [1.54, 1.807) is 29.7 Å². The van der Waals surface area contributed by atoms with Gasteiger partial charge in [-0.2, -0.15) is 0 Å². The third-order valence-electron chi connectivity index (χ3n) is 3.66. The first-order chi connectivity index (χ1) is 11.3. The number of amides is 2. The molecule has 0 aromatic heterocycles. The Kier molecular flexibility index (Phi) is 5.36. The van der Waals surface area contributed by atoms with Gasteiger partial charge in [-0.3, -0.25) is 14.8 Å². The Morgan fingerprint density at radius 2 is 1.58 bits per heavy atom. The van der Waals surface area contributed by atoms with Gasteiger partial charge < -0.3 is 5.32 Å². The molecule has 2 aromatic carbocycles. The van der Waals surface area contributed by atoms with Crippen LogP contribution in [0.2, 0.25) is 0 Å². The minimum atomic E-state index is -0.664. The first kappa shape index (κ1) is 17.7. The molecule has 0 heterocycles. The van der Waals surface area contributed by atoms with E-state index in [0.29, 0.717) is 11.3 Å². The lowest BCUT2D eigenvalue weighted by Crippen LogP contribution is -2.28. The van der Waals surface area contributed by atoms with Crippen LogP contribution >= 0.6 is 0 Å². The molecule has 0 aliphatic carbocycles. The molecule has 0 saturated carbocycles. The van der Waals surface area contributed by atoms with E-state index < -0.39 is 17.2 Å². The van der Waals surface area contributed by atoms with E-state index in [1.165, 1.54) is 0 Å². The normalized spacial score (nSPS) is 12.3. The molecule has 2 amide bonds. The zero-order valence-electron chi connectivity index (χ0n) is 14.0. The molecule has 2 rings (SSSR count). The van der Waals surface area contributed by atoms with Gasteiger partial charge in [-0.15, -0.1) is 0 Å². The van der Waals surface area contributed by atoms with Crippen molar-refractivity contribution in [3.8, 4) is 0 Å². The second-order valence-corrected chi connectivity index (χ2v) is 6.65. The summed E-state index contributed by atoms with van der Waals surface area (Å²) in [7, 11) is 0. The molecular formula is C19H22N2O3. The lowest BCUT2D eigenvalue weighted by molar-refractivity contribution is -0.129. The number of rotatable bonds is 4. The van der Waals surface area contributed by atoms with E-state index >= 15 is 0 Å². The second kappa shape index (κ2) is 7.27. The van der Waals surface area contributed by atoms with Crippen LogP contribution in [0, 0.1) is 5.41 Å². The molecule has 0 fully saturated rings. The largest absolute Gasteiger partial charge is 0.326 e. The molecule has 0 bridgehead atoms. The van der Waals surface area contributed by atoms with Crippen molar-refractivity contribution in [2.75, 3.05) is 5.32 Å². The fourth-order valence-corrected chi connectivity index (χ4v) is 2.32. The van der Waals surface area contributed by atoms with Crippen LogP contribution in [0.5, 0.6) is 0 Å². The zero-order valence-corrected chi connectivity index (χ0v) is 14.0. The Bertz CT molecular complexity index is 721. The van der Waals surface area contributed by atoms with Gasteiger partial charge in [-0.25, -0.2) is 5.48 Å². The summed E-state index contributed by atoms with van der Waals surface area (Å²) in [5, 5.41) is 11.9. The number of hydroxylamine groups is 1. The Morgan fingerprint density at radius 3 is 2.17 bits per heavy atom. The molecule has 1 unspecified atom stereocenters. The summed E-state index contributed by atoms with van der Waals surface area (Å²) in [6.45, 7) is 5.49. The molecule has 1 atom stereocenters. The molecule has 0 radical (unpaired) electrons. The highest BCUT2D eigenvalue weighted by Crippen LogP contribution is 2.27. The van der Waals surface area contributed by atoms with Crippen LogP contribution in [-0.2, 0) is 9.59 Å². The zero-order chi connectivity index (χ0) is 17.7. The summed E-state index contributed by atoms with van der Waals surface area (Å²) in [6, 6.07) is 16.2. The smallest absolute Gasteiger partial charge is 0.255 e. The molecule has 5 nitrogen and oxygen atoms in total. The molecule has 0 saturated heterocycles. The maximum Gasteiger partial charge on any atom is 0.255 e. The number of benzene rings is 2. The van der Waals surface area contributed by atoms with Gasteiger partial charge in [0, 0.05) is 11.1 Å². The van der Waals surface area contributed by atoms with E-state index in [-0.39, 0.29) is 5.91 Å². The standard InChI is InChI=1S/C19H22N2O3/c1-19(2,3)18(23)20-15-11-7-10-14(12-15)16(17(22)21-24)13-8-5-4-6-9-13/h4-12,16,24H,1-3H3,(H,20,23)(H,21,22). The number of hydrogen-bond acceptors (Lipinski definition) is 3. The van der Waals surface area contributed by atoms with Crippen molar-refractivity contribution in [1.82, 2.24) is 5.48 Å². The molecular weight excluding hydrogens is 304 g/mol. The number of anilines is 1. The van der Waals surface area contributed by atoms with Crippen LogP contribution in [0.15, 0.2) is 54.6 Å². The van der Waals surface area contributed by atoms with E-state index in [1.807, 2.05) is 51.1 Å². The van der Waals surface area contributed by atoms with E-state index in [0.717, 1.165) is 5.56 Å². The van der Waals surface area contributed by atoms with E-state index in [4.69, 9.17) is 5.21 Å². The van der Waals surface area contributed by atoms with Crippen molar-refractivity contribution in [2.24, 2.45) is 5.41 Å². The molecule has 3 N–H and O–H groups in total. The molecule has 0 aliphatic rings. The van der Waals surface area contributed by atoms with Crippen LogP contribution < -0.4 is 10.8 Å². The van der Waals surface area contributed by atoms with Crippen molar-refractivity contribution in [1.29, 1.82) is 0 Å². The first-order valence-electron chi connectivity index (χ1n) is 7.73. The topological polar surface area (TPSA) is 78.4 Å². The molecule has 24 heavy (non-hydrogen) atoms. The highest BCUT2D eigenvalue weighted by Gasteiger charge is 2.24. The van der Waals surface area contributed by atoms with Gasteiger partial charge in [-0.05, 0) is 23.3 Å². The van der Waals surface area contributed by atoms with Crippen LogP contribution in [0.4, 0.5) is 5.69 Å². The van der Waals surface area contributed by atoms with Gasteiger partial charge in [0.2, 0.25) is 5.91 Å². The molecule has 5 heteroatoms. The van der Waals surface area contributed by atoms with Crippen molar-refractivity contribution in [3.05, 3.63) is 65.7 Å². The first-order valence-corrected chi connectivity index (χ1v) is 7.73. The summed E-state index contributed by atoms with van der Waals surface area (Å²) < 4.78 is 0. The third kappa shape index (κ3) is 4.20. The van der Waals surface area contributed by atoms with E-state index in [9.17, 15) is 9.59 Å². The van der Waals surface area contributed by atoms with Crippen LogP contribution in [-0.4, -0.2) is 17.0 Å². The van der Waals surface area contributed by atoms with Gasteiger partial charge >= 0.3 is 0 Å². The summed E-state index contributed by atoms with van der Waals surface area (Å²) in [4.78, 5) is 24.3. The van der Waals surface area contributed by atoms with E-state index in [2.05, 4.69) is 5.32 Å². The third-order valence-corrected chi connectivity index (χ3v) is 3.66. The Hall–Kier alpha value is -2.66. The Balaban J connectivity index is 2.36. The second-order valence-electron chi connectivity index (χ2n) is 6.65. The molecule has 126 valence electrons. The molecule has 2 aromatic rings. The van der Waals surface area contributed by atoms with Crippen molar-refractivity contribution >= 4 is 17.5 Å². The van der Waals surface area contributed by atoms with Crippen LogP contribution in [0.1, 0.15) is 37.8 Å². The fraction of sp³-hybridized carbons (Fsp3) is 0.263. The highest BCUT2D eigenvalue weighted by atomic mass is 16.5. The lowest BCUT2D eigenvalue weighted by atomic mass is 9.90. The van der Waals surface area contributed by atoms with Gasteiger partial charge in [0.1, 0.15) is 0 Å². The average Bonchev–Trinajstić information content (AvgIpc) is 2.55. The predicted molar refractivity (Wildman–Crippen MR) is 92.7 cm³/mol. The fourth-order valence-electron chi connectivity index (χ4n) is 2.32. The number of carbonyl (C=O) groups excluding carboxylic acids is 2. The molecule has 0 spiro atoms. The van der Waals surface area contributed by atoms with Crippen LogP contribution in [0.25, 0.3) is 0 Å². The summed E-state index contributed by atoms with van der Waals surface area (Å²) in [5.74, 6) is -1.30. The lowest BCUT2D eigenvalue weighted by Gasteiger charge is -2.20. The number of hydrogen-bond donors (Lipinski definition) is 3. The highest BCUT2D eigenvalue weighted by molar-refractivity contribution is 5.95. The monoisotopic (exact) mass is 326 g/mol. The van der Waals surface area contributed by atoms with Crippen molar-refractivity contribution < 1.29 is 14.8 Å². The minimum Gasteiger partial charge on any atom is -0.326 e. The maximum atomic E-state index is 12.2. The average molecular weight is 326 g/mol. The number of nitrogens with one attached hydrogen (secondary N) is 2. The summed E-state index contributed by atoms with van der Waals surface area (Å²) >= 11 is 0. The minimum absolute atomic E-state index is 0.109. The Morgan fingerprint density at radius 1 is 0.958 bits per heavy atom. The van der Waals surface area contributed by atoms with Gasteiger partial charge in [0.05, 0.1) is 5.92 Å². The van der Waals surface area contributed by atoms with Gasteiger partial charge in [-0.1, -0.05) is 63.2 Å². The van der Waals surface area contributed by atoms with Crippen molar-refractivity contribution in [3.63, 3.8) is 0 Å².